The molecule has 3 rings (SSSR count). The molecular weight excluding hydrogens is 294 g/mol. The molecule has 2 fully saturated rings. The summed E-state index contributed by atoms with van der Waals surface area (Å²) in [6.07, 6.45) is 5.51. The first-order valence-electron chi connectivity index (χ1n) is 8.45. The normalized spacial score (nSPS) is 27.4. The van der Waals surface area contributed by atoms with E-state index in [0.29, 0.717) is 36.6 Å². The third kappa shape index (κ3) is 3.44. The highest BCUT2D eigenvalue weighted by Crippen LogP contribution is 2.39. The molecular formula is C18H25NO4. The van der Waals surface area contributed by atoms with Gasteiger partial charge >= 0.3 is 5.97 Å². The molecule has 0 aromatic heterocycles. The number of likely N-dealkylation sites (tertiary alicyclic amines) is 1. The van der Waals surface area contributed by atoms with Gasteiger partial charge in [-0.3, -0.25) is 9.69 Å². The molecule has 23 heavy (non-hydrogen) atoms. The molecule has 2 aliphatic rings. The molecule has 0 radical (unpaired) electrons. The van der Waals surface area contributed by atoms with Gasteiger partial charge in [-0.05, 0) is 37.3 Å². The summed E-state index contributed by atoms with van der Waals surface area (Å²) in [5.41, 5.74) is 0. The average molecular weight is 319 g/mol. The van der Waals surface area contributed by atoms with Gasteiger partial charge in [-0.25, -0.2) is 0 Å². The van der Waals surface area contributed by atoms with E-state index in [0.717, 1.165) is 19.3 Å². The lowest BCUT2D eigenvalue weighted by atomic mass is 9.85. The first kappa shape index (κ1) is 16.1. The van der Waals surface area contributed by atoms with Crippen molar-refractivity contribution < 1.29 is 19.4 Å². The quantitative estimate of drug-likeness (QED) is 0.874. The van der Waals surface area contributed by atoms with Crippen LogP contribution in [0.4, 0.5) is 0 Å². The maximum absolute atomic E-state index is 11.6. The fraction of sp³-hybridized carbons (Fsp3) is 0.611. The second-order valence-electron chi connectivity index (χ2n) is 6.44. The number of hydrogen-bond acceptors (Lipinski definition) is 4. The molecule has 1 aromatic rings. The molecule has 1 heterocycles. The number of fused-ring (bicyclic) bond motifs is 1. The number of para-hydroxylation sites is 2. The Morgan fingerprint density at radius 1 is 1.26 bits per heavy atom. The monoisotopic (exact) mass is 319 g/mol. The minimum absolute atomic E-state index is 0.357. The maximum Gasteiger partial charge on any atom is 0.320 e. The van der Waals surface area contributed by atoms with Gasteiger partial charge in [-0.1, -0.05) is 25.0 Å². The predicted octanol–water partition coefficient (Wildman–Crippen LogP) is 2.79. The van der Waals surface area contributed by atoms with Crippen LogP contribution < -0.4 is 9.47 Å². The molecule has 3 atom stereocenters. The number of carboxylic acids is 1. The van der Waals surface area contributed by atoms with Crippen molar-refractivity contribution in [1.29, 1.82) is 0 Å². The Labute approximate surface area is 137 Å². The van der Waals surface area contributed by atoms with E-state index >= 15 is 0 Å². The van der Waals surface area contributed by atoms with E-state index in [2.05, 4.69) is 4.90 Å². The number of nitrogens with zero attached hydrogens (tertiary/aromatic N) is 1. The van der Waals surface area contributed by atoms with Crippen LogP contribution in [0.25, 0.3) is 0 Å². The van der Waals surface area contributed by atoms with Gasteiger partial charge in [0.2, 0.25) is 0 Å². The van der Waals surface area contributed by atoms with Crippen molar-refractivity contribution in [2.45, 2.75) is 44.2 Å². The molecule has 1 aliphatic carbocycles. The molecule has 1 aliphatic heterocycles. The summed E-state index contributed by atoms with van der Waals surface area (Å²) >= 11 is 0. The number of aliphatic carboxylic acids is 1. The van der Waals surface area contributed by atoms with Gasteiger partial charge in [0.15, 0.2) is 11.5 Å². The van der Waals surface area contributed by atoms with E-state index in [1.54, 1.807) is 7.11 Å². The van der Waals surface area contributed by atoms with Gasteiger partial charge in [-0.2, -0.15) is 0 Å². The lowest BCUT2D eigenvalue weighted by Crippen LogP contribution is -2.44. The van der Waals surface area contributed by atoms with E-state index in [-0.39, 0.29) is 6.04 Å². The highest BCUT2D eigenvalue weighted by molar-refractivity contribution is 5.74. The summed E-state index contributed by atoms with van der Waals surface area (Å²) in [6, 6.07) is 7.60. The summed E-state index contributed by atoms with van der Waals surface area (Å²) in [5, 5.41) is 9.53. The first-order chi connectivity index (χ1) is 11.2. The molecule has 5 heteroatoms. The summed E-state index contributed by atoms with van der Waals surface area (Å²) in [7, 11) is 1.62. The summed E-state index contributed by atoms with van der Waals surface area (Å²) < 4.78 is 11.1. The Morgan fingerprint density at radius 3 is 2.74 bits per heavy atom. The third-order valence-electron chi connectivity index (χ3n) is 5.18. The molecule has 0 unspecified atom stereocenters. The Hall–Kier alpha value is -1.75. The SMILES string of the molecule is COc1ccccc1OCCN1[C@@H]2CCCC[C@@H]2C[C@H]1C(=O)O. The number of carboxylic acid groups (broad SMARTS) is 1. The van der Waals surface area contributed by atoms with Crippen molar-refractivity contribution >= 4 is 5.97 Å². The lowest BCUT2D eigenvalue weighted by molar-refractivity contribution is -0.142. The van der Waals surface area contributed by atoms with Crippen LogP contribution in [0.1, 0.15) is 32.1 Å². The standard InChI is InChI=1S/C18H25NO4/c1-22-16-8-4-5-9-17(16)23-11-10-19-14-7-3-2-6-13(14)12-15(19)18(20)21/h4-5,8-9,13-15H,2-3,6-7,10-12H2,1H3,(H,20,21)/t13-,14-,15+/m1/s1. The van der Waals surface area contributed by atoms with Gasteiger partial charge in [-0.15, -0.1) is 0 Å². The molecule has 5 nitrogen and oxygen atoms in total. The zero-order chi connectivity index (χ0) is 16.2. The minimum atomic E-state index is -0.698. The molecule has 1 N–H and O–H groups in total. The molecule has 1 saturated carbocycles. The molecule has 0 spiro atoms. The number of hydrogen-bond donors (Lipinski definition) is 1. The van der Waals surface area contributed by atoms with Crippen molar-refractivity contribution in [2.24, 2.45) is 5.92 Å². The molecule has 1 aromatic carbocycles. The van der Waals surface area contributed by atoms with Crippen molar-refractivity contribution in [1.82, 2.24) is 4.90 Å². The van der Waals surface area contributed by atoms with Crippen molar-refractivity contribution in [3.05, 3.63) is 24.3 Å². The number of ether oxygens (including phenoxy) is 2. The van der Waals surface area contributed by atoms with Crippen LogP contribution in [-0.2, 0) is 4.79 Å². The van der Waals surface area contributed by atoms with Crippen molar-refractivity contribution in [2.75, 3.05) is 20.3 Å². The van der Waals surface area contributed by atoms with Crippen LogP contribution in [0.5, 0.6) is 11.5 Å². The smallest absolute Gasteiger partial charge is 0.320 e. The summed E-state index contributed by atoms with van der Waals surface area (Å²) in [6.45, 7) is 1.13. The minimum Gasteiger partial charge on any atom is -0.493 e. The Balaban J connectivity index is 1.62. The lowest BCUT2D eigenvalue weighted by Gasteiger charge is -2.32. The van der Waals surface area contributed by atoms with Gasteiger partial charge < -0.3 is 14.6 Å². The largest absolute Gasteiger partial charge is 0.493 e. The third-order valence-corrected chi connectivity index (χ3v) is 5.18. The van der Waals surface area contributed by atoms with Crippen LogP contribution in [0.15, 0.2) is 24.3 Å². The molecule has 126 valence electrons. The number of methoxy groups -OCH3 is 1. The molecule has 0 amide bonds. The molecule has 1 saturated heterocycles. The zero-order valence-electron chi connectivity index (χ0n) is 13.6. The van der Waals surface area contributed by atoms with Crippen molar-refractivity contribution in [3.8, 4) is 11.5 Å². The van der Waals surface area contributed by atoms with Gasteiger partial charge in [0, 0.05) is 12.6 Å². The van der Waals surface area contributed by atoms with E-state index in [1.165, 1.54) is 12.8 Å². The zero-order valence-corrected chi connectivity index (χ0v) is 13.6. The highest BCUT2D eigenvalue weighted by Gasteiger charge is 2.44. The number of carbonyl (C=O) groups is 1. The van der Waals surface area contributed by atoms with Crippen LogP contribution in [0.2, 0.25) is 0 Å². The van der Waals surface area contributed by atoms with E-state index in [4.69, 9.17) is 9.47 Å². The predicted molar refractivity (Wildman–Crippen MR) is 87.0 cm³/mol. The number of benzene rings is 1. The van der Waals surface area contributed by atoms with Crippen LogP contribution in [0, 0.1) is 5.92 Å². The summed E-state index contributed by atoms with van der Waals surface area (Å²) in [4.78, 5) is 13.7. The van der Waals surface area contributed by atoms with Crippen molar-refractivity contribution in [3.63, 3.8) is 0 Å². The van der Waals surface area contributed by atoms with E-state index < -0.39 is 5.97 Å². The topological polar surface area (TPSA) is 59.0 Å². The number of rotatable bonds is 6. The Morgan fingerprint density at radius 2 is 2.00 bits per heavy atom. The Bertz CT molecular complexity index is 548. The van der Waals surface area contributed by atoms with Crippen LogP contribution in [0.3, 0.4) is 0 Å². The van der Waals surface area contributed by atoms with Crippen LogP contribution in [-0.4, -0.2) is 48.3 Å². The van der Waals surface area contributed by atoms with E-state index in [9.17, 15) is 9.90 Å². The van der Waals surface area contributed by atoms with Gasteiger partial charge in [0.05, 0.1) is 7.11 Å². The fourth-order valence-electron chi connectivity index (χ4n) is 4.12. The molecule has 0 bridgehead atoms. The van der Waals surface area contributed by atoms with Crippen LogP contribution >= 0.6 is 0 Å². The van der Waals surface area contributed by atoms with Gasteiger partial charge in [0.1, 0.15) is 12.6 Å². The Kier molecular flexibility index (Phi) is 5.06. The second kappa shape index (κ2) is 7.21. The second-order valence-corrected chi connectivity index (χ2v) is 6.44. The van der Waals surface area contributed by atoms with Gasteiger partial charge in [0.25, 0.3) is 0 Å². The average Bonchev–Trinajstić information content (AvgIpc) is 2.94. The van der Waals surface area contributed by atoms with E-state index in [1.807, 2.05) is 24.3 Å². The maximum atomic E-state index is 11.6. The fourth-order valence-corrected chi connectivity index (χ4v) is 4.12. The summed E-state index contributed by atoms with van der Waals surface area (Å²) in [5.74, 6) is 1.26. The first-order valence-corrected chi connectivity index (χ1v) is 8.45. The highest BCUT2D eigenvalue weighted by atomic mass is 16.5.